The molecule has 1 aliphatic rings. The van der Waals surface area contributed by atoms with Crippen molar-refractivity contribution in [1.82, 2.24) is 14.9 Å². The Balaban J connectivity index is 1.97. The van der Waals surface area contributed by atoms with Crippen molar-refractivity contribution in [3.8, 4) is 0 Å². The van der Waals surface area contributed by atoms with Crippen LogP contribution in [0.3, 0.4) is 0 Å². The molecule has 0 amide bonds. The lowest BCUT2D eigenvalue weighted by Gasteiger charge is -2.40. The number of anilines is 1. The third-order valence-corrected chi connectivity index (χ3v) is 3.99. The summed E-state index contributed by atoms with van der Waals surface area (Å²) in [5.41, 5.74) is 4.90. The van der Waals surface area contributed by atoms with Crippen molar-refractivity contribution in [2.45, 2.75) is 26.3 Å². The third-order valence-electron chi connectivity index (χ3n) is 3.99. The van der Waals surface area contributed by atoms with E-state index in [-0.39, 0.29) is 5.54 Å². The zero-order valence-corrected chi connectivity index (χ0v) is 12.8. The van der Waals surface area contributed by atoms with Crippen LogP contribution in [-0.2, 0) is 0 Å². The second-order valence-corrected chi connectivity index (χ2v) is 5.90. The van der Waals surface area contributed by atoms with Crippen LogP contribution in [-0.4, -0.2) is 33.7 Å². The van der Waals surface area contributed by atoms with E-state index in [1.54, 1.807) is 17.3 Å². The quantitative estimate of drug-likeness (QED) is 0.795. The molecular formula is C16H19N5. The highest BCUT2D eigenvalue weighted by Gasteiger charge is 2.28. The average Bonchev–Trinajstić information content (AvgIpc) is 2.95. The van der Waals surface area contributed by atoms with Crippen LogP contribution in [0.25, 0.3) is 5.57 Å². The van der Waals surface area contributed by atoms with Gasteiger partial charge in [0, 0.05) is 18.3 Å². The van der Waals surface area contributed by atoms with Gasteiger partial charge in [-0.3, -0.25) is 0 Å². The first-order chi connectivity index (χ1) is 9.97. The fraction of sp³-hybridized carbons (Fsp3) is 0.312. The predicted molar refractivity (Wildman–Crippen MR) is 85.6 cm³/mol. The van der Waals surface area contributed by atoms with E-state index in [4.69, 9.17) is 0 Å². The number of hydrogen-bond donors (Lipinski definition) is 0. The first kappa shape index (κ1) is 13.5. The van der Waals surface area contributed by atoms with Gasteiger partial charge in [0.1, 0.15) is 12.7 Å². The standard InChI is InChI=1S/C16H19N5/c1-12-8-16(2,3)20(4)15-6-5-13(7-14(12)15)9-19-21-10-17-18-11-21/h5-11H,1-4H3/b19-9+. The molecule has 1 aromatic carbocycles. The highest BCUT2D eigenvalue weighted by Crippen LogP contribution is 2.37. The topological polar surface area (TPSA) is 46.3 Å². The molecule has 0 atom stereocenters. The molecule has 0 unspecified atom stereocenters. The van der Waals surface area contributed by atoms with Crippen molar-refractivity contribution in [2.24, 2.45) is 5.10 Å². The van der Waals surface area contributed by atoms with Gasteiger partial charge in [-0.05, 0) is 44.0 Å². The van der Waals surface area contributed by atoms with E-state index >= 15 is 0 Å². The van der Waals surface area contributed by atoms with Crippen molar-refractivity contribution in [2.75, 3.05) is 11.9 Å². The van der Waals surface area contributed by atoms with Gasteiger partial charge in [0.15, 0.2) is 0 Å². The summed E-state index contributed by atoms with van der Waals surface area (Å²) in [6.07, 6.45) is 7.25. The molecule has 1 aromatic heterocycles. The molecule has 5 nitrogen and oxygen atoms in total. The van der Waals surface area contributed by atoms with E-state index in [0.717, 1.165) is 5.56 Å². The second-order valence-electron chi connectivity index (χ2n) is 5.90. The molecule has 0 radical (unpaired) electrons. The molecular weight excluding hydrogens is 262 g/mol. The van der Waals surface area contributed by atoms with Crippen molar-refractivity contribution in [1.29, 1.82) is 0 Å². The molecule has 2 aromatic rings. The largest absolute Gasteiger partial charge is 0.366 e. The number of rotatable bonds is 2. The Kier molecular flexibility index (Phi) is 3.12. The molecule has 1 aliphatic heterocycles. The minimum absolute atomic E-state index is 0.0369. The molecule has 108 valence electrons. The van der Waals surface area contributed by atoms with Crippen LogP contribution >= 0.6 is 0 Å². The number of likely N-dealkylation sites (N-methyl/N-ethyl adjacent to an activating group) is 1. The Labute approximate surface area is 124 Å². The van der Waals surface area contributed by atoms with Gasteiger partial charge in [-0.25, -0.2) is 4.68 Å². The number of benzene rings is 1. The fourth-order valence-electron chi connectivity index (χ4n) is 2.65. The van der Waals surface area contributed by atoms with E-state index in [1.807, 2.05) is 6.21 Å². The van der Waals surface area contributed by atoms with E-state index in [9.17, 15) is 0 Å². The Morgan fingerprint density at radius 2 is 1.90 bits per heavy atom. The number of allylic oxidation sites excluding steroid dienone is 1. The molecule has 0 spiro atoms. The molecule has 0 saturated carbocycles. The number of nitrogens with zero attached hydrogens (tertiary/aromatic N) is 5. The monoisotopic (exact) mass is 281 g/mol. The lowest BCUT2D eigenvalue weighted by atomic mass is 9.89. The first-order valence-corrected chi connectivity index (χ1v) is 6.94. The lowest BCUT2D eigenvalue weighted by molar-refractivity contribution is 0.598. The van der Waals surface area contributed by atoms with Crippen molar-refractivity contribution in [3.63, 3.8) is 0 Å². The zero-order valence-electron chi connectivity index (χ0n) is 12.8. The molecule has 21 heavy (non-hydrogen) atoms. The summed E-state index contributed by atoms with van der Waals surface area (Å²) in [4.78, 5) is 2.30. The van der Waals surface area contributed by atoms with Gasteiger partial charge in [0.05, 0.1) is 11.8 Å². The predicted octanol–water partition coefficient (Wildman–Crippen LogP) is 2.79. The van der Waals surface area contributed by atoms with Gasteiger partial charge >= 0.3 is 0 Å². The van der Waals surface area contributed by atoms with E-state index in [2.05, 4.69) is 72.3 Å². The third kappa shape index (κ3) is 2.46. The molecule has 0 fully saturated rings. The minimum atomic E-state index is 0.0369. The zero-order chi connectivity index (χ0) is 15.0. The molecule has 0 saturated heterocycles. The van der Waals surface area contributed by atoms with Gasteiger partial charge in [0.25, 0.3) is 0 Å². The van der Waals surface area contributed by atoms with Crippen molar-refractivity contribution >= 4 is 17.5 Å². The fourth-order valence-corrected chi connectivity index (χ4v) is 2.65. The molecule has 0 aliphatic carbocycles. The van der Waals surface area contributed by atoms with Crippen LogP contribution in [0.5, 0.6) is 0 Å². The van der Waals surface area contributed by atoms with E-state index in [1.165, 1.54) is 16.8 Å². The first-order valence-electron chi connectivity index (χ1n) is 6.94. The Morgan fingerprint density at radius 3 is 2.62 bits per heavy atom. The van der Waals surface area contributed by atoms with Gasteiger partial charge in [-0.15, -0.1) is 10.2 Å². The highest BCUT2D eigenvalue weighted by molar-refractivity contribution is 5.87. The van der Waals surface area contributed by atoms with Crippen molar-refractivity contribution < 1.29 is 0 Å². The molecule has 3 rings (SSSR count). The summed E-state index contributed by atoms with van der Waals surface area (Å²) in [5, 5.41) is 11.7. The molecule has 0 bridgehead atoms. The number of aromatic nitrogens is 3. The van der Waals surface area contributed by atoms with Gasteiger partial charge in [-0.1, -0.05) is 12.1 Å². The Hall–Kier alpha value is -2.43. The van der Waals surface area contributed by atoms with Crippen molar-refractivity contribution in [3.05, 3.63) is 48.1 Å². The lowest BCUT2D eigenvalue weighted by Crippen LogP contribution is -2.42. The van der Waals surface area contributed by atoms with Crippen LogP contribution in [0.1, 0.15) is 31.9 Å². The minimum Gasteiger partial charge on any atom is -0.366 e. The van der Waals surface area contributed by atoms with Gasteiger partial charge in [-0.2, -0.15) is 5.10 Å². The summed E-state index contributed by atoms with van der Waals surface area (Å²) >= 11 is 0. The summed E-state index contributed by atoms with van der Waals surface area (Å²) in [7, 11) is 2.13. The van der Waals surface area contributed by atoms with Gasteiger partial charge < -0.3 is 4.90 Å². The Morgan fingerprint density at radius 1 is 1.19 bits per heavy atom. The molecule has 0 N–H and O–H groups in total. The normalized spacial score (nSPS) is 17.0. The SMILES string of the molecule is CC1=CC(C)(C)N(C)c2ccc(/C=N/n3cnnc3)cc21. The van der Waals surface area contributed by atoms with Crippen LogP contribution in [0.4, 0.5) is 5.69 Å². The van der Waals surface area contributed by atoms with Crippen LogP contribution in [0, 0.1) is 0 Å². The number of fused-ring (bicyclic) bond motifs is 1. The maximum Gasteiger partial charge on any atom is 0.141 e. The smallest absolute Gasteiger partial charge is 0.141 e. The van der Waals surface area contributed by atoms with E-state index in [0.29, 0.717) is 0 Å². The summed E-state index contributed by atoms with van der Waals surface area (Å²) in [5.74, 6) is 0. The van der Waals surface area contributed by atoms with E-state index < -0.39 is 0 Å². The maximum atomic E-state index is 4.29. The molecule has 2 heterocycles. The number of hydrogen-bond acceptors (Lipinski definition) is 4. The summed E-state index contributed by atoms with van der Waals surface area (Å²) in [6, 6.07) is 6.40. The summed E-state index contributed by atoms with van der Waals surface area (Å²) < 4.78 is 1.58. The molecule has 5 heteroatoms. The van der Waals surface area contributed by atoms with Crippen LogP contribution in [0.2, 0.25) is 0 Å². The average molecular weight is 281 g/mol. The summed E-state index contributed by atoms with van der Waals surface area (Å²) in [6.45, 7) is 6.61. The Bertz CT molecular complexity index is 710. The maximum absolute atomic E-state index is 4.29. The van der Waals surface area contributed by atoms with Crippen LogP contribution < -0.4 is 4.90 Å². The second kappa shape index (κ2) is 4.84. The van der Waals surface area contributed by atoms with Crippen LogP contribution in [0.15, 0.2) is 42.0 Å². The highest BCUT2D eigenvalue weighted by atomic mass is 15.4. The van der Waals surface area contributed by atoms with Gasteiger partial charge in [0.2, 0.25) is 0 Å².